The summed E-state index contributed by atoms with van der Waals surface area (Å²) in [6.45, 7) is 0. The zero-order valence-corrected chi connectivity index (χ0v) is 11.3. The Balaban J connectivity index is 1.84. The first-order valence-electron chi connectivity index (χ1n) is 6.59. The summed E-state index contributed by atoms with van der Waals surface area (Å²) in [5.41, 5.74) is 6.96. The van der Waals surface area contributed by atoms with Gasteiger partial charge in [-0.2, -0.15) is 4.98 Å². The Morgan fingerprint density at radius 3 is 2.74 bits per heavy atom. The summed E-state index contributed by atoms with van der Waals surface area (Å²) in [5, 5.41) is 4.69. The summed E-state index contributed by atoms with van der Waals surface area (Å²) >= 11 is 6.13. The molecule has 0 radical (unpaired) electrons. The Bertz CT molecular complexity index is 563. The summed E-state index contributed by atoms with van der Waals surface area (Å²) in [4.78, 5) is 4.45. The zero-order chi connectivity index (χ0) is 13.2. The second kappa shape index (κ2) is 5.31. The van der Waals surface area contributed by atoms with Crippen LogP contribution in [0.4, 0.5) is 0 Å². The predicted octanol–water partition coefficient (Wildman–Crippen LogP) is 3.43. The van der Waals surface area contributed by atoms with Crippen LogP contribution in [0.2, 0.25) is 5.02 Å². The lowest BCUT2D eigenvalue weighted by Crippen LogP contribution is -2.13. The van der Waals surface area contributed by atoms with E-state index in [0.717, 1.165) is 24.2 Å². The van der Waals surface area contributed by atoms with Gasteiger partial charge < -0.3 is 10.3 Å². The normalized spacial score (nSPS) is 17.8. The highest BCUT2D eigenvalue weighted by Crippen LogP contribution is 2.33. The smallest absolute Gasteiger partial charge is 0.248 e. The van der Waals surface area contributed by atoms with Gasteiger partial charge in [0.25, 0.3) is 0 Å². The van der Waals surface area contributed by atoms with Crippen molar-refractivity contribution in [3.8, 4) is 0 Å². The average molecular weight is 278 g/mol. The molecule has 1 saturated carbocycles. The van der Waals surface area contributed by atoms with E-state index in [1.807, 2.05) is 24.3 Å². The lowest BCUT2D eigenvalue weighted by atomic mass is 10.1. The third kappa shape index (κ3) is 2.51. The van der Waals surface area contributed by atoms with Crippen molar-refractivity contribution in [3.63, 3.8) is 0 Å². The van der Waals surface area contributed by atoms with Gasteiger partial charge in [-0.1, -0.05) is 47.8 Å². The van der Waals surface area contributed by atoms with E-state index >= 15 is 0 Å². The van der Waals surface area contributed by atoms with Crippen molar-refractivity contribution in [2.24, 2.45) is 5.73 Å². The van der Waals surface area contributed by atoms with Crippen LogP contribution in [0.25, 0.3) is 0 Å². The standard InChI is InChI=1S/C14H16ClN3O/c15-11-8-4-3-7-10(11)12(16)14-17-13(18-19-14)9-5-1-2-6-9/h3-4,7-9,12H,1-2,5-6,16H2/t12-/m1/s1. The number of nitrogens with zero attached hydrogens (tertiary/aromatic N) is 2. The number of nitrogens with two attached hydrogens (primary N) is 1. The molecule has 0 spiro atoms. The van der Waals surface area contributed by atoms with Gasteiger partial charge >= 0.3 is 0 Å². The highest BCUT2D eigenvalue weighted by molar-refractivity contribution is 6.31. The van der Waals surface area contributed by atoms with E-state index < -0.39 is 6.04 Å². The largest absolute Gasteiger partial charge is 0.337 e. The van der Waals surface area contributed by atoms with E-state index in [1.54, 1.807) is 0 Å². The number of hydrogen-bond acceptors (Lipinski definition) is 4. The van der Waals surface area contributed by atoms with Crippen LogP contribution < -0.4 is 5.73 Å². The average Bonchev–Trinajstić information content (AvgIpc) is 3.09. The van der Waals surface area contributed by atoms with E-state index in [-0.39, 0.29) is 0 Å². The molecule has 0 unspecified atom stereocenters. The lowest BCUT2D eigenvalue weighted by Gasteiger charge is -2.08. The van der Waals surface area contributed by atoms with Crippen LogP contribution in [0.5, 0.6) is 0 Å². The minimum atomic E-state index is -0.462. The van der Waals surface area contributed by atoms with Crippen LogP contribution in [0.1, 0.15) is 54.9 Å². The zero-order valence-electron chi connectivity index (χ0n) is 10.6. The van der Waals surface area contributed by atoms with E-state index in [0.29, 0.717) is 16.8 Å². The second-order valence-electron chi connectivity index (χ2n) is 4.97. The molecule has 3 rings (SSSR count). The van der Waals surface area contributed by atoms with Crippen molar-refractivity contribution in [2.75, 3.05) is 0 Å². The highest BCUT2D eigenvalue weighted by atomic mass is 35.5. The van der Waals surface area contributed by atoms with Gasteiger partial charge in [-0.3, -0.25) is 0 Å². The molecule has 1 aromatic heterocycles. The predicted molar refractivity (Wildman–Crippen MR) is 73.0 cm³/mol. The lowest BCUT2D eigenvalue weighted by molar-refractivity contribution is 0.359. The fourth-order valence-electron chi connectivity index (χ4n) is 2.58. The number of aromatic nitrogens is 2. The molecule has 1 aromatic carbocycles. The molecule has 0 saturated heterocycles. The number of rotatable bonds is 3. The topological polar surface area (TPSA) is 64.9 Å². The molecule has 100 valence electrons. The Morgan fingerprint density at radius 1 is 1.26 bits per heavy atom. The maximum Gasteiger partial charge on any atom is 0.248 e. The van der Waals surface area contributed by atoms with Gasteiger partial charge in [-0.05, 0) is 24.5 Å². The fourth-order valence-corrected chi connectivity index (χ4v) is 2.84. The fraction of sp³-hybridized carbons (Fsp3) is 0.429. The second-order valence-corrected chi connectivity index (χ2v) is 5.38. The molecule has 4 nitrogen and oxygen atoms in total. The SMILES string of the molecule is N[C@@H](c1nc(C2CCCC2)no1)c1ccccc1Cl. The molecule has 1 fully saturated rings. The molecule has 1 heterocycles. The molecular weight excluding hydrogens is 262 g/mol. The quantitative estimate of drug-likeness (QED) is 0.933. The van der Waals surface area contributed by atoms with E-state index in [2.05, 4.69) is 10.1 Å². The first kappa shape index (κ1) is 12.6. The van der Waals surface area contributed by atoms with Gasteiger partial charge in [0, 0.05) is 10.9 Å². The van der Waals surface area contributed by atoms with Crippen molar-refractivity contribution in [2.45, 2.75) is 37.6 Å². The van der Waals surface area contributed by atoms with E-state index in [1.165, 1.54) is 12.8 Å². The third-order valence-electron chi connectivity index (χ3n) is 3.68. The van der Waals surface area contributed by atoms with Crippen molar-refractivity contribution in [1.82, 2.24) is 10.1 Å². The minimum absolute atomic E-state index is 0.427. The van der Waals surface area contributed by atoms with Gasteiger partial charge in [0.15, 0.2) is 5.82 Å². The van der Waals surface area contributed by atoms with Gasteiger partial charge in [-0.25, -0.2) is 0 Å². The molecule has 2 aromatic rings. The molecule has 0 bridgehead atoms. The summed E-state index contributed by atoms with van der Waals surface area (Å²) in [6.07, 6.45) is 4.76. The molecule has 5 heteroatoms. The summed E-state index contributed by atoms with van der Waals surface area (Å²) in [6, 6.07) is 7.00. The number of hydrogen-bond donors (Lipinski definition) is 1. The van der Waals surface area contributed by atoms with Crippen molar-refractivity contribution in [3.05, 3.63) is 46.6 Å². The number of halogens is 1. The molecular formula is C14H16ClN3O. The van der Waals surface area contributed by atoms with Crippen LogP contribution in [0.15, 0.2) is 28.8 Å². The van der Waals surface area contributed by atoms with Gasteiger partial charge in [0.05, 0.1) is 0 Å². The molecule has 19 heavy (non-hydrogen) atoms. The Hall–Kier alpha value is -1.39. The first-order chi connectivity index (χ1) is 9.25. The monoisotopic (exact) mass is 277 g/mol. The van der Waals surface area contributed by atoms with Gasteiger partial charge in [0.1, 0.15) is 6.04 Å². The van der Waals surface area contributed by atoms with Crippen LogP contribution in [-0.2, 0) is 0 Å². The summed E-state index contributed by atoms with van der Waals surface area (Å²) < 4.78 is 5.30. The van der Waals surface area contributed by atoms with Crippen LogP contribution in [-0.4, -0.2) is 10.1 Å². The molecule has 1 atom stereocenters. The third-order valence-corrected chi connectivity index (χ3v) is 4.03. The van der Waals surface area contributed by atoms with Gasteiger partial charge in [-0.15, -0.1) is 0 Å². The van der Waals surface area contributed by atoms with Crippen molar-refractivity contribution in [1.29, 1.82) is 0 Å². The van der Waals surface area contributed by atoms with Crippen LogP contribution in [0, 0.1) is 0 Å². The molecule has 2 N–H and O–H groups in total. The first-order valence-corrected chi connectivity index (χ1v) is 6.97. The Morgan fingerprint density at radius 2 is 2.00 bits per heavy atom. The van der Waals surface area contributed by atoms with Gasteiger partial charge in [0.2, 0.25) is 5.89 Å². The Kier molecular flexibility index (Phi) is 3.53. The molecule has 1 aliphatic rings. The van der Waals surface area contributed by atoms with Crippen LogP contribution in [0.3, 0.4) is 0 Å². The Labute approximate surface area is 117 Å². The van der Waals surface area contributed by atoms with E-state index in [4.69, 9.17) is 21.9 Å². The number of benzene rings is 1. The highest BCUT2D eigenvalue weighted by Gasteiger charge is 2.25. The maximum atomic E-state index is 6.15. The molecule has 1 aliphatic carbocycles. The van der Waals surface area contributed by atoms with Crippen molar-refractivity contribution < 1.29 is 4.52 Å². The molecule has 0 amide bonds. The minimum Gasteiger partial charge on any atom is -0.337 e. The summed E-state index contributed by atoms with van der Waals surface area (Å²) in [7, 11) is 0. The summed E-state index contributed by atoms with van der Waals surface area (Å²) in [5.74, 6) is 1.65. The van der Waals surface area contributed by atoms with Crippen LogP contribution >= 0.6 is 11.6 Å². The van der Waals surface area contributed by atoms with E-state index in [9.17, 15) is 0 Å². The van der Waals surface area contributed by atoms with Crippen molar-refractivity contribution >= 4 is 11.6 Å². The molecule has 0 aliphatic heterocycles. The maximum absolute atomic E-state index is 6.15.